The second kappa shape index (κ2) is 5.29. The molecule has 0 bridgehead atoms. The van der Waals surface area contributed by atoms with Gasteiger partial charge in [-0.05, 0) is 12.0 Å². The highest BCUT2D eigenvalue weighted by atomic mass is 16.6. The van der Waals surface area contributed by atoms with Gasteiger partial charge in [0.25, 0.3) is 5.69 Å². The van der Waals surface area contributed by atoms with E-state index < -0.39 is 10.9 Å². The Balaban J connectivity index is 3.07. The fourth-order valence-electron chi connectivity index (χ4n) is 1.29. The number of hydrogen-bond donors (Lipinski definition) is 2. The van der Waals surface area contributed by atoms with Gasteiger partial charge in [-0.3, -0.25) is 10.1 Å². The van der Waals surface area contributed by atoms with Crippen LogP contribution in [0.25, 0.3) is 0 Å². The van der Waals surface area contributed by atoms with Crippen molar-refractivity contribution in [2.24, 2.45) is 5.92 Å². The van der Waals surface area contributed by atoms with Crippen LogP contribution in [0.3, 0.4) is 0 Å². The molecule has 1 rings (SSSR count). The first kappa shape index (κ1) is 13.0. The Hall–Kier alpha value is -2.11. The Morgan fingerprint density at radius 1 is 1.53 bits per heavy atom. The van der Waals surface area contributed by atoms with Gasteiger partial charge in [0.15, 0.2) is 0 Å². The van der Waals surface area contributed by atoms with Crippen molar-refractivity contribution >= 4 is 17.3 Å². The van der Waals surface area contributed by atoms with Gasteiger partial charge in [0.05, 0.1) is 16.2 Å². The van der Waals surface area contributed by atoms with Gasteiger partial charge in [-0.25, -0.2) is 4.79 Å². The van der Waals surface area contributed by atoms with Crippen LogP contribution in [0, 0.1) is 16.0 Å². The molecule has 6 heteroatoms. The molecule has 1 aromatic carbocycles. The Morgan fingerprint density at radius 3 is 2.65 bits per heavy atom. The van der Waals surface area contributed by atoms with Crippen molar-refractivity contribution < 1.29 is 14.8 Å². The molecule has 0 unspecified atom stereocenters. The summed E-state index contributed by atoms with van der Waals surface area (Å²) < 4.78 is 0. The molecule has 1 aromatic rings. The number of nitro groups is 1. The van der Waals surface area contributed by atoms with Crippen LogP contribution in [0.5, 0.6) is 0 Å². The van der Waals surface area contributed by atoms with Crippen LogP contribution in [0.1, 0.15) is 24.2 Å². The van der Waals surface area contributed by atoms with Crippen LogP contribution in [0.4, 0.5) is 11.4 Å². The molecular formula is C11H14N2O4. The van der Waals surface area contributed by atoms with Gasteiger partial charge in [-0.15, -0.1) is 0 Å². The number of rotatable bonds is 5. The first-order valence-electron chi connectivity index (χ1n) is 5.17. The van der Waals surface area contributed by atoms with Gasteiger partial charge in [0.2, 0.25) is 0 Å². The number of nitro benzene ring substituents is 1. The first-order chi connectivity index (χ1) is 7.91. The number of nitrogens with zero attached hydrogens (tertiary/aromatic N) is 1. The van der Waals surface area contributed by atoms with E-state index in [1.54, 1.807) is 0 Å². The number of carboxylic acid groups (broad SMARTS) is 1. The molecule has 0 saturated heterocycles. The third-order valence-corrected chi connectivity index (χ3v) is 2.15. The molecule has 0 heterocycles. The molecule has 0 aliphatic rings. The summed E-state index contributed by atoms with van der Waals surface area (Å²) in [7, 11) is 0. The molecule has 0 atom stereocenters. The summed E-state index contributed by atoms with van der Waals surface area (Å²) in [5.74, 6) is -0.790. The van der Waals surface area contributed by atoms with Crippen molar-refractivity contribution in [1.82, 2.24) is 0 Å². The molecule has 0 radical (unpaired) electrons. The molecule has 0 aromatic heterocycles. The number of aromatic carboxylic acids is 1. The Kier molecular flexibility index (Phi) is 4.03. The molecule has 17 heavy (non-hydrogen) atoms. The molecule has 0 aliphatic carbocycles. The normalized spacial score (nSPS) is 10.3. The van der Waals surface area contributed by atoms with Crippen molar-refractivity contribution in [3.05, 3.63) is 33.9 Å². The first-order valence-corrected chi connectivity index (χ1v) is 5.17. The Bertz CT molecular complexity index is 443. The van der Waals surface area contributed by atoms with Crippen LogP contribution in [0.15, 0.2) is 18.2 Å². The van der Waals surface area contributed by atoms with Gasteiger partial charge < -0.3 is 10.4 Å². The maximum absolute atomic E-state index is 10.9. The highest BCUT2D eigenvalue weighted by Crippen LogP contribution is 2.22. The van der Waals surface area contributed by atoms with E-state index in [1.807, 2.05) is 13.8 Å². The molecule has 0 spiro atoms. The fourth-order valence-corrected chi connectivity index (χ4v) is 1.29. The number of benzene rings is 1. The lowest BCUT2D eigenvalue weighted by Gasteiger charge is -2.11. The third kappa shape index (κ3) is 3.44. The standard InChI is InChI=1S/C11H14N2O4/c1-7(2)6-12-10-5-8(13(16)17)3-4-9(10)11(14)15/h3-5,7,12H,6H2,1-2H3,(H,14,15). The summed E-state index contributed by atoms with van der Waals surface area (Å²) >= 11 is 0. The van der Waals surface area contributed by atoms with E-state index in [-0.39, 0.29) is 16.9 Å². The highest BCUT2D eigenvalue weighted by molar-refractivity contribution is 5.94. The molecule has 0 amide bonds. The summed E-state index contributed by atoms with van der Waals surface area (Å²) in [5, 5.41) is 22.5. The van der Waals surface area contributed by atoms with E-state index >= 15 is 0 Å². The summed E-state index contributed by atoms with van der Waals surface area (Å²) in [5.41, 5.74) is 0.193. The van der Waals surface area contributed by atoms with E-state index in [4.69, 9.17) is 5.11 Å². The van der Waals surface area contributed by atoms with Gasteiger partial charge in [0, 0.05) is 18.7 Å². The van der Waals surface area contributed by atoms with Crippen LogP contribution < -0.4 is 5.32 Å². The average Bonchev–Trinajstić information content (AvgIpc) is 2.25. The van der Waals surface area contributed by atoms with Crippen molar-refractivity contribution in [3.8, 4) is 0 Å². The van der Waals surface area contributed by atoms with Crippen LogP contribution in [-0.2, 0) is 0 Å². The number of carbonyl (C=O) groups is 1. The van der Waals surface area contributed by atoms with Crippen molar-refractivity contribution in [3.63, 3.8) is 0 Å². The van der Waals surface area contributed by atoms with Crippen molar-refractivity contribution in [1.29, 1.82) is 0 Å². The van der Waals surface area contributed by atoms with Gasteiger partial charge >= 0.3 is 5.97 Å². The molecule has 92 valence electrons. The maximum atomic E-state index is 10.9. The number of hydrogen-bond acceptors (Lipinski definition) is 4. The Labute approximate surface area is 98.4 Å². The monoisotopic (exact) mass is 238 g/mol. The van der Waals surface area contributed by atoms with E-state index in [0.29, 0.717) is 12.5 Å². The van der Waals surface area contributed by atoms with Crippen LogP contribution in [0.2, 0.25) is 0 Å². The van der Waals surface area contributed by atoms with Crippen LogP contribution >= 0.6 is 0 Å². The lowest BCUT2D eigenvalue weighted by Crippen LogP contribution is -2.12. The largest absolute Gasteiger partial charge is 0.478 e. The second-order valence-corrected chi connectivity index (χ2v) is 4.07. The zero-order valence-corrected chi connectivity index (χ0v) is 9.64. The summed E-state index contributed by atoms with van der Waals surface area (Å²) in [4.78, 5) is 21.0. The lowest BCUT2D eigenvalue weighted by atomic mass is 10.1. The lowest BCUT2D eigenvalue weighted by molar-refractivity contribution is -0.384. The highest BCUT2D eigenvalue weighted by Gasteiger charge is 2.15. The van der Waals surface area contributed by atoms with E-state index in [2.05, 4.69) is 5.32 Å². The zero-order valence-electron chi connectivity index (χ0n) is 9.64. The van der Waals surface area contributed by atoms with E-state index in [9.17, 15) is 14.9 Å². The predicted octanol–water partition coefficient (Wildman–Crippen LogP) is 2.36. The molecule has 6 nitrogen and oxygen atoms in total. The average molecular weight is 238 g/mol. The minimum Gasteiger partial charge on any atom is -0.478 e. The van der Waals surface area contributed by atoms with Gasteiger partial charge in [-0.2, -0.15) is 0 Å². The summed E-state index contributed by atoms with van der Waals surface area (Å²) in [6, 6.07) is 3.67. The molecular weight excluding hydrogens is 224 g/mol. The molecule has 0 fully saturated rings. The zero-order chi connectivity index (χ0) is 13.0. The van der Waals surface area contributed by atoms with E-state index in [1.165, 1.54) is 18.2 Å². The third-order valence-electron chi connectivity index (χ3n) is 2.15. The van der Waals surface area contributed by atoms with Crippen molar-refractivity contribution in [2.75, 3.05) is 11.9 Å². The van der Waals surface area contributed by atoms with Crippen LogP contribution in [-0.4, -0.2) is 22.5 Å². The summed E-state index contributed by atoms with van der Waals surface area (Å²) in [6.07, 6.45) is 0. The Morgan fingerprint density at radius 2 is 2.18 bits per heavy atom. The summed E-state index contributed by atoms with van der Waals surface area (Å²) in [6.45, 7) is 4.48. The maximum Gasteiger partial charge on any atom is 0.337 e. The number of carboxylic acids is 1. The quantitative estimate of drug-likeness (QED) is 0.606. The smallest absolute Gasteiger partial charge is 0.337 e. The van der Waals surface area contributed by atoms with E-state index in [0.717, 1.165) is 0 Å². The number of anilines is 1. The van der Waals surface area contributed by atoms with Crippen molar-refractivity contribution in [2.45, 2.75) is 13.8 Å². The fraction of sp³-hybridized carbons (Fsp3) is 0.364. The van der Waals surface area contributed by atoms with Gasteiger partial charge in [0.1, 0.15) is 0 Å². The number of non-ortho nitro benzene ring substituents is 1. The number of nitrogens with one attached hydrogen (secondary N) is 1. The molecule has 2 N–H and O–H groups in total. The second-order valence-electron chi connectivity index (χ2n) is 4.07. The topological polar surface area (TPSA) is 92.5 Å². The minimum atomic E-state index is -1.11. The molecule has 0 saturated carbocycles. The SMILES string of the molecule is CC(C)CNc1cc([N+](=O)[O-])ccc1C(=O)O. The molecule has 0 aliphatic heterocycles. The van der Waals surface area contributed by atoms with Gasteiger partial charge in [-0.1, -0.05) is 13.8 Å². The predicted molar refractivity (Wildman–Crippen MR) is 63.4 cm³/mol. The minimum absolute atomic E-state index is 0.0382.